The molecule has 0 saturated heterocycles. The molecule has 1 fully saturated rings. The molecule has 0 bridgehead atoms. The molecule has 1 aliphatic rings. The molecule has 94 valence electrons. The van der Waals surface area contributed by atoms with Gasteiger partial charge in [-0.25, -0.2) is 0 Å². The third-order valence-corrected chi connectivity index (χ3v) is 5.25. The second-order valence-corrected chi connectivity index (χ2v) is 6.85. The van der Waals surface area contributed by atoms with Crippen molar-refractivity contribution in [3.63, 3.8) is 0 Å². The zero-order valence-corrected chi connectivity index (χ0v) is 12.7. The normalized spacial score (nSPS) is 23.9. The summed E-state index contributed by atoms with van der Waals surface area (Å²) in [7, 11) is 1.92. The SMILES string of the molecule is CC1CCCC1C(=O)N(C)Cc1cc(Br)cs1. The molecule has 0 spiro atoms. The van der Waals surface area contributed by atoms with Crippen molar-refractivity contribution < 1.29 is 4.79 Å². The highest BCUT2D eigenvalue weighted by atomic mass is 79.9. The van der Waals surface area contributed by atoms with E-state index < -0.39 is 0 Å². The molecule has 0 aliphatic heterocycles. The Morgan fingerprint density at radius 1 is 1.59 bits per heavy atom. The molecule has 1 amide bonds. The Hall–Kier alpha value is -0.350. The fourth-order valence-corrected chi connectivity index (χ4v) is 4.05. The van der Waals surface area contributed by atoms with Gasteiger partial charge in [-0.3, -0.25) is 4.79 Å². The van der Waals surface area contributed by atoms with Crippen molar-refractivity contribution >= 4 is 33.2 Å². The van der Waals surface area contributed by atoms with Crippen LogP contribution in [0.15, 0.2) is 15.9 Å². The Labute approximate surface area is 115 Å². The molecular weight excluding hydrogens is 298 g/mol. The molecule has 1 saturated carbocycles. The van der Waals surface area contributed by atoms with E-state index in [4.69, 9.17) is 0 Å². The van der Waals surface area contributed by atoms with Gasteiger partial charge in [0.25, 0.3) is 0 Å². The maximum absolute atomic E-state index is 12.3. The minimum Gasteiger partial charge on any atom is -0.340 e. The lowest BCUT2D eigenvalue weighted by Gasteiger charge is -2.22. The molecule has 2 nitrogen and oxygen atoms in total. The summed E-state index contributed by atoms with van der Waals surface area (Å²) in [6.45, 7) is 2.93. The first-order chi connectivity index (χ1) is 8.08. The molecule has 4 heteroatoms. The Morgan fingerprint density at radius 3 is 2.88 bits per heavy atom. The lowest BCUT2D eigenvalue weighted by atomic mass is 9.97. The van der Waals surface area contributed by atoms with Crippen molar-refractivity contribution in [2.75, 3.05) is 7.05 Å². The highest BCUT2D eigenvalue weighted by Gasteiger charge is 2.31. The van der Waals surface area contributed by atoms with Crippen LogP contribution >= 0.6 is 27.3 Å². The predicted molar refractivity (Wildman–Crippen MR) is 75.0 cm³/mol. The standard InChI is InChI=1S/C13H18BrNOS/c1-9-4-3-5-12(9)13(16)15(2)7-11-6-10(14)8-17-11/h6,8-9,12H,3-5,7H2,1-2H3. The molecule has 17 heavy (non-hydrogen) atoms. The number of nitrogens with zero attached hydrogens (tertiary/aromatic N) is 1. The van der Waals surface area contributed by atoms with Gasteiger partial charge in [-0.2, -0.15) is 0 Å². The quantitative estimate of drug-likeness (QED) is 0.828. The summed E-state index contributed by atoms with van der Waals surface area (Å²) in [5.41, 5.74) is 0. The van der Waals surface area contributed by atoms with Gasteiger partial charge in [0.05, 0.1) is 6.54 Å². The number of amides is 1. The predicted octanol–water partition coefficient (Wildman–Crippen LogP) is 3.91. The second-order valence-electron chi connectivity index (χ2n) is 4.94. The van der Waals surface area contributed by atoms with Crippen LogP contribution in [0.25, 0.3) is 0 Å². The first kappa shape index (κ1) is 13.1. The van der Waals surface area contributed by atoms with Gasteiger partial charge in [-0.15, -0.1) is 11.3 Å². The number of carbonyl (C=O) groups excluding carboxylic acids is 1. The molecule has 2 rings (SSSR count). The monoisotopic (exact) mass is 315 g/mol. The maximum atomic E-state index is 12.3. The maximum Gasteiger partial charge on any atom is 0.226 e. The molecule has 0 N–H and O–H groups in total. The Bertz CT molecular complexity index is 404. The van der Waals surface area contributed by atoms with Crippen molar-refractivity contribution in [1.82, 2.24) is 4.90 Å². The van der Waals surface area contributed by atoms with Gasteiger partial charge in [0.2, 0.25) is 5.91 Å². The van der Waals surface area contributed by atoms with Crippen LogP contribution in [0.2, 0.25) is 0 Å². The van der Waals surface area contributed by atoms with Gasteiger partial charge in [-0.05, 0) is 40.8 Å². The topological polar surface area (TPSA) is 20.3 Å². The van der Waals surface area contributed by atoms with E-state index in [-0.39, 0.29) is 5.92 Å². The first-order valence-electron chi connectivity index (χ1n) is 6.06. The largest absolute Gasteiger partial charge is 0.340 e. The Morgan fingerprint density at radius 2 is 2.35 bits per heavy atom. The van der Waals surface area contributed by atoms with E-state index in [0.717, 1.165) is 17.4 Å². The lowest BCUT2D eigenvalue weighted by molar-refractivity contribution is -0.135. The number of thiophene rings is 1. The fraction of sp³-hybridized carbons (Fsp3) is 0.615. The van der Waals surface area contributed by atoms with Gasteiger partial charge < -0.3 is 4.90 Å². The zero-order chi connectivity index (χ0) is 12.4. The molecule has 0 aromatic carbocycles. The van der Waals surface area contributed by atoms with Crippen molar-refractivity contribution in [3.05, 3.63) is 20.8 Å². The van der Waals surface area contributed by atoms with Crippen LogP contribution < -0.4 is 0 Å². The third-order valence-electron chi connectivity index (χ3n) is 3.57. The van der Waals surface area contributed by atoms with Gasteiger partial charge in [0.15, 0.2) is 0 Å². The van der Waals surface area contributed by atoms with E-state index in [0.29, 0.717) is 11.8 Å². The van der Waals surface area contributed by atoms with E-state index in [2.05, 4.69) is 34.3 Å². The minimum absolute atomic E-state index is 0.253. The first-order valence-corrected chi connectivity index (χ1v) is 7.73. The summed E-state index contributed by atoms with van der Waals surface area (Å²) >= 11 is 5.14. The fourth-order valence-electron chi connectivity index (χ4n) is 2.54. The average Bonchev–Trinajstić information content (AvgIpc) is 2.86. The summed E-state index contributed by atoms with van der Waals surface area (Å²) in [6.07, 6.45) is 3.48. The molecule has 1 aliphatic carbocycles. The Kier molecular flexibility index (Phi) is 4.26. The number of carbonyl (C=O) groups is 1. The molecule has 2 unspecified atom stereocenters. The lowest BCUT2D eigenvalue weighted by Crippen LogP contribution is -2.33. The van der Waals surface area contributed by atoms with E-state index in [1.54, 1.807) is 11.3 Å². The smallest absolute Gasteiger partial charge is 0.226 e. The summed E-state index contributed by atoms with van der Waals surface area (Å²) in [6, 6.07) is 2.09. The van der Waals surface area contributed by atoms with E-state index in [1.807, 2.05) is 11.9 Å². The third kappa shape index (κ3) is 3.10. The van der Waals surface area contributed by atoms with Crippen molar-refractivity contribution in [2.24, 2.45) is 11.8 Å². The number of hydrogen-bond donors (Lipinski definition) is 0. The molecule has 2 atom stereocenters. The van der Waals surface area contributed by atoms with Crippen LogP contribution in [0.4, 0.5) is 0 Å². The van der Waals surface area contributed by atoms with Crippen molar-refractivity contribution in [2.45, 2.75) is 32.7 Å². The summed E-state index contributed by atoms with van der Waals surface area (Å²) < 4.78 is 1.10. The number of halogens is 1. The zero-order valence-electron chi connectivity index (χ0n) is 10.3. The van der Waals surface area contributed by atoms with Crippen molar-refractivity contribution in [1.29, 1.82) is 0 Å². The van der Waals surface area contributed by atoms with Crippen LogP contribution in [-0.2, 0) is 11.3 Å². The average molecular weight is 316 g/mol. The van der Waals surface area contributed by atoms with Crippen LogP contribution in [0.1, 0.15) is 31.1 Å². The van der Waals surface area contributed by atoms with Crippen LogP contribution in [0.5, 0.6) is 0 Å². The van der Waals surface area contributed by atoms with Gasteiger partial charge in [0, 0.05) is 27.7 Å². The molecule has 1 aromatic rings. The van der Waals surface area contributed by atoms with Gasteiger partial charge in [-0.1, -0.05) is 13.3 Å². The Balaban J connectivity index is 1.95. The van der Waals surface area contributed by atoms with Crippen LogP contribution in [0.3, 0.4) is 0 Å². The number of rotatable bonds is 3. The minimum atomic E-state index is 0.253. The van der Waals surface area contributed by atoms with Gasteiger partial charge >= 0.3 is 0 Å². The van der Waals surface area contributed by atoms with E-state index in [9.17, 15) is 4.79 Å². The molecular formula is C13H18BrNOS. The second kappa shape index (κ2) is 5.53. The highest BCUT2D eigenvalue weighted by molar-refractivity contribution is 9.10. The van der Waals surface area contributed by atoms with E-state index >= 15 is 0 Å². The summed E-state index contributed by atoms with van der Waals surface area (Å²) in [4.78, 5) is 15.4. The highest BCUT2D eigenvalue weighted by Crippen LogP contribution is 2.33. The summed E-state index contributed by atoms with van der Waals surface area (Å²) in [5.74, 6) is 1.13. The molecule has 1 heterocycles. The molecule has 0 radical (unpaired) electrons. The molecule has 1 aromatic heterocycles. The van der Waals surface area contributed by atoms with E-state index in [1.165, 1.54) is 17.7 Å². The van der Waals surface area contributed by atoms with Crippen LogP contribution in [-0.4, -0.2) is 17.9 Å². The van der Waals surface area contributed by atoms with Crippen LogP contribution in [0, 0.1) is 11.8 Å². The summed E-state index contributed by atoms with van der Waals surface area (Å²) in [5, 5.41) is 2.06. The van der Waals surface area contributed by atoms with Crippen molar-refractivity contribution in [3.8, 4) is 0 Å². The number of hydrogen-bond acceptors (Lipinski definition) is 2. The van der Waals surface area contributed by atoms with Gasteiger partial charge in [0.1, 0.15) is 0 Å².